The van der Waals surface area contributed by atoms with E-state index in [0.717, 1.165) is 25.7 Å². The Kier molecular flexibility index (Phi) is 3.54. The zero-order chi connectivity index (χ0) is 16.6. The Hall–Kier alpha value is -0.380. The van der Waals surface area contributed by atoms with Crippen LogP contribution in [0, 0.1) is 23.7 Å². The molecular formula is C20H32O3. The molecular weight excluding hydrogens is 288 g/mol. The monoisotopic (exact) mass is 320 g/mol. The van der Waals surface area contributed by atoms with Crippen molar-refractivity contribution in [2.75, 3.05) is 0 Å². The average molecular weight is 320 g/mol. The van der Waals surface area contributed by atoms with Crippen LogP contribution in [0.25, 0.3) is 0 Å². The van der Waals surface area contributed by atoms with E-state index in [9.17, 15) is 5.11 Å². The van der Waals surface area contributed by atoms with Gasteiger partial charge in [-0.3, -0.25) is 0 Å². The molecule has 3 heteroatoms. The fourth-order valence-electron chi connectivity index (χ4n) is 6.20. The third-order valence-electron chi connectivity index (χ3n) is 7.40. The molecule has 3 heterocycles. The molecule has 4 bridgehead atoms. The molecule has 0 unspecified atom stereocenters. The van der Waals surface area contributed by atoms with Gasteiger partial charge in [-0.15, -0.1) is 0 Å². The van der Waals surface area contributed by atoms with E-state index in [2.05, 4.69) is 34.3 Å². The van der Waals surface area contributed by atoms with E-state index < -0.39 is 5.60 Å². The highest BCUT2D eigenvalue weighted by Gasteiger charge is 2.64. The van der Waals surface area contributed by atoms with Crippen molar-refractivity contribution in [3.8, 4) is 0 Å². The smallest absolute Gasteiger partial charge is 0.0945 e. The van der Waals surface area contributed by atoms with Crippen LogP contribution < -0.4 is 0 Å². The van der Waals surface area contributed by atoms with Crippen LogP contribution in [-0.4, -0.2) is 34.6 Å². The summed E-state index contributed by atoms with van der Waals surface area (Å²) in [5.74, 6) is 2.35. The van der Waals surface area contributed by atoms with Crippen molar-refractivity contribution in [2.24, 2.45) is 23.7 Å². The van der Waals surface area contributed by atoms with Gasteiger partial charge in [0.1, 0.15) is 0 Å². The minimum absolute atomic E-state index is 0.149. The maximum atomic E-state index is 10.5. The summed E-state index contributed by atoms with van der Waals surface area (Å²) in [6.45, 7) is 13.4. The van der Waals surface area contributed by atoms with Crippen molar-refractivity contribution in [1.29, 1.82) is 0 Å². The summed E-state index contributed by atoms with van der Waals surface area (Å²) in [6.07, 6.45) is 4.81. The fourth-order valence-corrected chi connectivity index (χ4v) is 6.20. The lowest BCUT2D eigenvalue weighted by Crippen LogP contribution is -2.60. The Morgan fingerprint density at radius 1 is 1.22 bits per heavy atom. The van der Waals surface area contributed by atoms with Gasteiger partial charge in [-0.2, -0.15) is 0 Å². The Labute approximate surface area is 140 Å². The Balaban J connectivity index is 1.77. The summed E-state index contributed by atoms with van der Waals surface area (Å²) in [5.41, 5.74) is 0.635. The van der Waals surface area contributed by atoms with Gasteiger partial charge >= 0.3 is 0 Å². The van der Waals surface area contributed by atoms with Gasteiger partial charge in [-0.05, 0) is 57.3 Å². The molecule has 0 spiro atoms. The van der Waals surface area contributed by atoms with E-state index >= 15 is 0 Å². The molecule has 0 aromatic heterocycles. The molecule has 1 N–H and O–H groups in total. The second kappa shape index (κ2) is 5.06. The lowest BCUT2D eigenvalue weighted by atomic mass is 9.59. The predicted octanol–water partition coefficient (Wildman–Crippen LogP) is 3.70. The third kappa shape index (κ3) is 2.19. The number of rotatable bonds is 1. The summed E-state index contributed by atoms with van der Waals surface area (Å²) in [5, 5.41) is 10.5. The molecule has 130 valence electrons. The molecule has 0 radical (unpaired) electrons. The van der Waals surface area contributed by atoms with Gasteiger partial charge in [-0.1, -0.05) is 26.0 Å². The van der Waals surface area contributed by atoms with Gasteiger partial charge in [0.15, 0.2) is 0 Å². The highest BCUT2D eigenvalue weighted by Crippen LogP contribution is 2.59. The van der Waals surface area contributed by atoms with Crippen molar-refractivity contribution in [1.82, 2.24) is 0 Å². The van der Waals surface area contributed by atoms with Gasteiger partial charge in [0.2, 0.25) is 0 Å². The molecule has 3 saturated heterocycles. The summed E-state index contributed by atoms with van der Waals surface area (Å²) in [7, 11) is 0. The molecule has 8 atom stereocenters. The molecule has 4 aliphatic rings. The van der Waals surface area contributed by atoms with Crippen LogP contribution in [0.4, 0.5) is 0 Å². The first-order chi connectivity index (χ1) is 10.8. The largest absolute Gasteiger partial charge is 0.390 e. The number of fused-ring (bicyclic) bond motifs is 8. The standard InChI is InChI=1S/C20H32O3/c1-11(2)13-7-6-12(3)16-14-10-20(5)15(21)8-9-19(4,23-20)18(22-14)17(13)16/h11,13-18,21H,3,6-10H2,1-2,4-5H3/t13-,14-,15+,16-,17-,18-,19-,20+/m1/s1. The first-order valence-corrected chi connectivity index (χ1v) is 9.46. The van der Waals surface area contributed by atoms with E-state index in [-0.39, 0.29) is 23.9 Å². The summed E-state index contributed by atoms with van der Waals surface area (Å²) in [4.78, 5) is 0. The molecule has 23 heavy (non-hydrogen) atoms. The van der Waals surface area contributed by atoms with Crippen LogP contribution in [-0.2, 0) is 9.47 Å². The molecule has 0 amide bonds. The topological polar surface area (TPSA) is 38.7 Å². The zero-order valence-electron chi connectivity index (χ0n) is 15.0. The number of aliphatic hydroxyl groups excluding tert-OH is 1. The Morgan fingerprint density at radius 3 is 2.65 bits per heavy atom. The van der Waals surface area contributed by atoms with Gasteiger partial charge in [0.25, 0.3) is 0 Å². The molecule has 0 aromatic rings. The van der Waals surface area contributed by atoms with E-state index in [1.165, 1.54) is 12.0 Å². The van der Waals surface area contributed by atoms with Crippen molar-refractivity contribution in [3.63, 3.8) is 0 Å². The Bertz CT molecular complexity index is 515. The van der Waals surface area contributed by atoms with Crippen LogP contribution in [0.1, 0.15) is 59.8 Å². The summed E-state index contributed by atoms with van der Waals surface area (Å²) < 4.78 is 13.2. The van der Waals surface area contributed by atoms with Crippen LogP contribution in [0.15, 0.2) is 12.2 Å². The SMILES string of the molecule is C=C1CC[C@H](C(C)C)[C@@H]2[C@H]1[C@H]1C[C@]3(C)O[C@](C)(CC[C@@H]3O)[C@@H]2O1. The second-order valence-corrected chi connectivity index (χ2v) is 9.29. The van der Waals surface area contributed by atoms with Crippen molar-refractivity contribution in [3.05, 3.63) is 12.2 Å². The van der Waals surface area contributed by atoms with Crippen LogP contribution in [0.3, 0.4) is 0 Å². The first-order valence-electron chi connectivity index (χ1n) is 9.46. The number of aliphatic hydroxyl groups is 1. The van der Waals surface area contributed by atoms with Crippen LogP contribution in [0.2, 0.25) is 0 Å². The van der Waals surface area contributed by atoms with Crippen molar-refractivity contribution in [2.45, 2.75) is 89.3 Å². The molecule has 1 aliphatic carbocycles. The normalized spacial score (nSPS) is 55.7. The highest BCUT2D eigenvalue weighted by molar-refractivity contribution is 5.20. The Morgan fingerprint density at radius 2 is 1.96 bits per heavy atom. The van der Waals surface area contributed by atoms with Crippen LogP contribution in [0.5, 0.6) is 0 Å². The molecule has 0 aromatic carbocycles. The average Bonchev–Trinajstić information content (AvgIpc) is 2.79. The molecule has 4 fully saturated rings. The van der Waals surface area contributed by atoms with Crippen molar-refractivity contribution < 1.29 is 14.6 Å². The summed E-state index contributed by atoms with van der Waals surface area (Å²) >= 11 is 0. The minimum atomic E-state index is -0.470. The second-order valence-electron chi connectivity index (χ2n) is 9.29. The molecule has 3 aliphatic heterocycles. The fraction of sp³-hybridized carbons (Fsp3) is 0.900. The van der Waals surface area contributed by atoms with E-state index in [4.69, 9.17) is 9.47 Å². The van der Waals surface area contributed by atoms with Crippen molar-refractivity contribution >= 4 is 0 Å². The van der Waals surface area contributed by atoms with E-state index in [1.807, 2.05) is 0 Å². The van der Waals surface area contributed by atoms with Gasteiger partial charge in [0, 0.05) is 12.3 Å². The maximum Gasteiger partial charge on any atom is 0.0945 e. The highest BCUT2D eigenvalue weighted by atomic mass is 16.6. The van der Waals surface area contributed by atoms with E-state index in [1.54, 1.807) is 0 Å². The summed E-state index contributed by atoms with van der Waals surface area (Å²) in [6, 6.07) is 0. The van der Waals surface area contributed by atoms with Crippen LogP contribution >= 0.6 is 0 Å². The molecule has 3 nitrogen and oxygen atoms in total. The minimum Gasteiger partial charge on any atom is -0.390 e. The zero-order valence-corrected chi connectivity index (χ0v) is 15.0. The quantitative estimate of drug-likeness (QED) is 0.749. The molecule has 4 rings (SSSR count). The lowest BCUT2D eigenvalue weighted by molar-refractivity contribution is -0.245. The molecule has 1 saturated carbocycles. The number of hydrogen-bond donors (Lipinski definition) is 1. The van der Waals surface area contributed by atoms with Gasteiger partial charge in [0.05, 0.1) is 29.5 Å². The number of hydrogen-bond acceptors (Lipinski definition) is 3. The number of ether oxygens (including phenoxy) is 2. The predicted molar refractivity (Wildman–Crippen MR) is 90.1 cm³/mol. The maximum absolute atomic E-state index is 10.5. The third-order valence-corrected chi connectivity index (χ3v) is 7.40. The lowest BCUT2D eigenvalue weighted by Gasteiger charge is -2.53. The van der Waals surface area contributed by atoms with Gasteiger partial charge < -0.3 is 14.6 Å². The van der Waals surface area contributed by atoms with Gasteiger partial charge in [-0.25, -0.2) is 0 Å². The first kappa shape index (κ1) is 16.1. The van der Waals surface area contributed by atoms with E-state index in [0.29, 0.717) is 23.7 Å².